The summed E-state index contributed by atoms with van der Waals surface area (Å²) < 4.78 is 28.3. The van der Waals surface area contributed by atoms with Gasteiger partial charge in [0.25, 0.3) is 5.91 Å². The molecule has 2 aromatic carbocycles. The van der Waals surface area contributed by atoms with Gasteiger partial charge in [-0.2, -0.15) is 0 Å². The number of benzene rings is 2. The zero-order valence-electron chi connectivity index (χ0n) is 18.0. The molecule has 0 saturated carbocycles. The summed E-state index contributed by atoms with van der Waals surface area (Å²) in [6.45, 7) is 3.60. The highest BCUT2D eigenvalue weighted by Crippen LogP contribution is 2.29. The molecule has 4 N–H and O–H groups in total. The van der Waals surface area contributed by atoms with Gasteiger partial charge in [-0.05, 0) is 40.8 Å². The maximum absolute atomic E-state index is 13.0. The Balaban J connectivity index is 0.00000408. The predicted molar refractivity (Wildman–Crippen MR) is 137 cm³/mol. The van der Waals surface area contributed by atoms with Crippen molar-refractivity contribution >= 4 is 44.8 Å². The number of halogens is 1. The van der Waals surface area contributed by atoms with Crippen LogP contribution >= 0.6 is 22.9 Å². The molecule has 3 rings (SSSR count). The van der Waals surface area contributed by atoms with Crippen molar-refractivity contribution in [3.63, 3.8) is 0 Å². The molecule has 1 aromatic heterocycles. The minimum atomic E-state index is -3.74. The van der Waals surface area contributed by atoms with Crippen LogP contribution in [0.15, 0.2) is 64.9 Å². The molecule has 0 saturated heterocycles. The van der Waals surface area contributed by atoms with Crippen LogP contribution in [0.3, 0.4) is 0 Å². The Labute approximate surface area is 209 Å². The average molecular weight is 522 g/mol. The summed E-state index contributed by atoms with van der Waals surface area (Å²) in [5.41, 5.74) is 7.77. The smallest absolute Gasteiger partial charge is 0.252 e. The molecule has 3 aromatic rings. The van der Waals surface area contributed by atoms with Crippen molar-refractivity contribution in [2.45, 2.75) is 38.1 Å². The Morgan fingerprint density at radius 3 is 2.21 bits per heavy atom. The number of carbonyl (C=O) groups is 2. The number of sulfonamides is 1. The number of hydrogen-bond donors (Lipinski definition) is 3. The predicted octanol–water partition coefficient (Wildman–Crippen LogP) is 4.42. The van der Waals surface area contributed by atoms with Gasteiger partial charge in [-0.15, -0.1) is 11.3 Å². The summed E-state index contributed by atoms with van der Waals surface area (Å²) in [6, 6.07) is 16.3. The lowest BCUT2D eigenvalue weighted by Gasteiger charge is -2.20. The zero-order valence-corrected chi connectivity index (χ0v) is 20.4. The zero-order chi connectivity index (χ0) is 24.2. The van der Waals surface area contributed by atoms with Crippen molar-refractivity contribution in [2.75, 3.05) is 0 Å². The van der Waals surface area contributed by atoms with Gasteiger partial charge in [-0.25, -0.2) is 13.1 Å². The first-order chi connectivity index (χ1) is 15.6. The molecule has 0 bridgehead atoms. The number of nitrogens with one attached hydrogen (secondary N) is 2. The van der Waals surface area contributed by atoms with E-state index in [0.717, 1.165) is 11.3 Å². The third kappa shape index (κ3) is 6.44. The second-order valence-electron chi connectivity index (χ2n) is 7.68. The number of primary amides is 1. The lowest BCUT2D eigenvalue weighted by molar-refractivity contribution is -0.120. The molecule has 1 heterocycles. The number of nitrogens with two attached hydrogens (primary N) is 1. The van der Waals surface area contributed by atoms with Gasteiger partial charge >= 0.3 is 0 Å². The van der Waals surface area contributed by atoms with E-state index in [1.807, 2.05) is 6.07 Å². The first kappa shape index (κ1) is 27.5. The van der Waals surface area contributed by atoms with Crippen LogP contribution in [0.25, 0.3) is 11.1 Å². The molecule has 34 heavy (non-hydrogen) atoms. The Morgan fingerprint density at radius 2 is 1.62 bits per heavy atom. The topological polar surface area (TPSA) is 118 Å². The molecular weight excluding hydrogens is 494 g/mol. The molecule has 0 aliphatic rings. The fourth-order valence-corrected chi connectivity index (χ4v) is 5.86. The summed E-state index contributed by atoms with van der Waals surface area (Å²) in [5, 5.41) is 2.71. The highest BCUT2D eigenvalue weighted by atomic mass is 35.5. The number of thiophene rings is 1. The summed E-state index contributed by atoms with van der Waals surface area (Å²) >= 11 is 6.84. The number of carbonyl (C=O) groups excluding carboxylic acids is 2. The molecule has 0 unspecified atom stereocenters. The van der Waals surface area contributed by atoms with Crippen molar-refractivity contribution in [1.82, 2.24) is 10.0 Å². The highest BCUT2D eigenvalue weighted by Gasteiger charge is 2.24. The molecule has 0 radical (unpaired) electrons. The number of amides is 2. The summed E-state index contributed by atoms with van der Waals surface area (Å²) in [7, 11) is -3.74. The van der Waals surface area contributed by atoms with Gasteiger partial charge in [0, 0.05) is 12.1 Å². The Kier molecular flexibility index (Phi) is 9.40. The van der Waals surface area contributed by atoms with Gasteiger partial charge in [0.15, 0.2) is 0 Å². The molecule has 0 spiro atoms. The van der Waals surface area contributed by atoms with E-state index in [1.54, 1.807) is 56.3 Å². The van der Waals surface area contributed by atoms with Crippen molar-refractivity contribution in [2.24, 2.45) is 11.7 Å². The monoisotopic (exact) mass is 521 g/mol. The summed E-state index contributed by atoms with van der Waals surface area (Å²) in [5.74, 6) is -1.22. The second kappa shape index (κ2) is 11.6. The molecule has 182 valence electrons. The molecule has 2 amide bonds. The summed E-state index contributed by atoms with van der Waals surface area (Å²) in [6.07, 6.45) is 0. The van der Waals surface area contributed by atoms with Crippen LogP contribution in [0.5, 0.6) is 0 Å². The quantitative estimate of drug-likeness (QED) is 0.386. The third-order valence-electron chi connectivity index (χ3n) is 5.01. The van der Waals surface area contributed by atoms with Gasteiger partial charge in [0.2, 0.25) is 15.9 Å². The molecule has 0 aliphatic heterocycles. The lowest BCUT2D eigenvalue weighted by atomic mass is 9.94. The SMILES string of the molecule is C.CC(C)[C@H](NC(=O)c1ccccc1-c1ccccc1CNS(=O)(=O)c1ccc(Cl)s1)C(N)=O. The standard InChI is InChI=1S/C23H24ClN3O4S2.CH4/c1-14(2)21(22(25)28)27-23(29)18-10-6-5-9-17(18)16-8-4-3-7-15(16)13-26-33(30,31)20-12-11-19(24)32-20;/h3-12,14,21,26H,13H2,1-2H3,(H2,25,28)(H,27,29);1H4/t21-;/m0./s1. The van der Waals surface area contributed by atoms with Crippen LogP contribution in [-0.2, 0) is 21.4 Å². The van der Waals surface area contributed by atoms with Crippen LogP contribution in [-0.4, -0.2) is 26.3 Å². The Hall–Kier alpha value is -2.72. The fraction of sp³-hybridized carbons (Fsp3) is 0.250. The summed E-state index contributed by atoms with van der Waals surface area (Å²) in [4.78, 5) is 24.8. The molecule has 7 nitrogen and oxygen atoms in total. The van der Waals surface area contributed by atoms with E-state index >= 15 is 0 Å². The molecular formula is C24H28ClN3O4S2. The van der Waals surface area contributed by atoms with Gasteiger partial charge in [-0.1, -0.05) is 75.3 Å². The number of hydrogen-bond acceptors (Lipinski definition) is 5. The number of rotatable bonds is 9. The van der Waals surface area contributed by atoms with Crippen molar-refractivity contribution in [3.8, 4) is 11.1 Å². The van der Waals surface area contributed by atoms with E-state index in [1.165, 1.54) is 12.1 Å². The maximum Gasteiger partial charge on any atom is 0.252 e. The Bertz CT molecular complexity index is 1270. The maximum atomic E-state index is 13.0. The Morgan fingerprint density at radius 1 is 1.00 bits per heavy atom. The van der Waals surface area contributed by atoms with Crippen LogP contribution in [0.2, 0.25) is 4.34 Å². The fourth-order valence-electron chi connectivity index (χ4n) is 3.32. The molecule has 10 heteroatoms. The van der Waals surface area contributed by atoms with Gasteiger partial charge < -0.3 is 11.1 Å². The van der Waals surface area contributed by atoms with E-state index in [0.29, 0.717) is 26.6 Å². The third-order valence-corrected chi connectivity index (χ3v) is 8.13. The largest absolute Gasteiger partial charge is 0.368 e. The van der Waals surface area contributed by atoms with Crippen LogP contribution in [0, 0.1) is 5.92 Å². The highest BCUT2D eigenvalue weighted by molar-refractivity contribution is 7.91. The van der Waals surface area contributed by atoms with Gasteiger partial charge in [-0.3, -0.25) is 9.59 Å². The van der Waals surface area contributed by atoms with E-state index in [-0.39, 0.29) is 24.1 Å². The molecule has 0 aliphatic carbocycles. The minimum absolute atomic E-state index is 0. The van der Waals surface area contributed by atoms with Crippen molar-refractivity contribution in [1.29, 1.82) is 0 Å². The lowest BCUT2D eigenvalue weighted by Crippen LogP contribution is -2.47. The van der Waals surface area contributed by atoms with Gasteiger partial charge in [0.1, 0.15) is 10.3 Å². The molecule has 1 atom stereocenters. The van der Waals surface area contributed by atoms with E-state index in [4.69, 9.17) is 17.3 Å². The van der Waals surface area contributed by atoms with Gasteiger partial charge in [0.05, 0.1) is 4.34 Å². The van der Waals surface area contributed by atoms with E-state index in [9.17, 15) is 18.0 Å². The molecule has 0 fully saturated rings. The van der Waals surface area contributed by atoms with E-state index < -0.39 is 27.9 Å². The second-order valence-corrected chi connectivity index (χ2v) is 11.4. The normalized spacial score (nSPS) is 12.1. The van der Waals surface area contributed by atoms with Crippen LogP contribution in [0.1, 0.15) is 37.2 Å². The van der Waals surface area contributed by atoms with Crippen molar-refractivity contribution < 1.29 is 18.0 Å². The van der Waals surface area contributed by atoms with E-state index in [2.05, 4.69) is 10.0 Å². The average Bonchev–Trinajstić information content (AvgIpc) is 3.23. The first-order valence-corrected chi connectivity index (χ1v) is 12.8. The van der Waals surface area contributed by atoms with Crippen LogP contribution < -0.4 is 15.8 Å². The van der Waals surface area contributed by atoms with Crippen LogP contribution in [0.4, 0.5) is 0 Å². The minimum Gasteiger partial charge on any atom is -0.368 e. The first-order valence-electron chi connectivity index (χ1n) is 10.1. The van der Waals surface area contributed by atoms with Crippen molar-refractivity contribution in [3.05, 3.63) is 76.1 Å².